The van der Waals surface area contributed by atoms with Gasteiger partial charge in [-0.25, -0.2) is 4.39 Å². The molecule has 1 rings (SSSR count). The van der Waals surface area contributed by atoms with E-state index in [0.717, 1.165) is 6.42 Å². The lowest BCUT2D eigenvalue weighted by Crippen LogP contribution is -2.20. The van der Waals surface area contributed by atoms with E-state index in [1.54, 1.807) is 6.92 Å². The molecule has 0 radical (unpaired) electrons. The molecule has 0 heterocycles. The topological polar surface area (TPSA) is 0 Å². The highest BCUT2D eigenvalue weighted by Crippen LogP contribution is 2.42. The van der Waals surface area contributed by atoms with Crippen LogP contribution in [0, 0.1) is 11.8 Å². The third kappa shape index (κ3) is 1.23. The van der Waals surface area contributed by atoms with Crippen molar-refractivity contribution in [3.05, 3.63) is 12.7 Å². The van der Waals surface area contributed by atoms with Crippen molar-refractivity contribution in [1.29, 1.82) is 0 Å². The van der Waals surface area contributed by atoms with Crippen molar-refractivity contribution < 1.29 is 4.39 Å². The first-order valence-electron chi connectivity index (χ1n) is 3.87. The highest BCUT2D eigenvalue weighted by molar-refractivity contribution is 4.97. The van der Waals surface area contributed by atoms with Crippen LogP contribution in [0.1, 0.15) is 26.7 Å². The van der Waals surface area contributed by atoms with Crippen LogP contribution in [0.3, 0.4) is 0 Å². The third-order valence-electron chi connectivity index (χ3n) is 2.68. The van der Waals surface area contributed by atoms with Crippen molar-refractivity contribution in [2.24, 2.45) is 11.8 Å². The zero-order chi connectivity index (χ0) is 7.78. The minimum absolute atomic E-state index is 0.204. The zero-order valence-electron chi connectivity index (χ0n) is 6.73. The monoisotopic (exact) mass is 142 g/mol. The Kier molecular flexibility index (Phi) is 1.84. The van der Waals surface area contributed by atoms with Gasteiger partial charge in [-0.15, -0.1) is 6.58 Å². The van der Waals surface area contributed by atoms with Gasteiger partial charge in [-0.05, 0) is 31.6 Å². The van der Waals surface area contributed by atoms with Gasteiger partial charge in [-0.1, -0.05) is 13.0 Å². The lowest BCUT2D eigenvalue weighted by atomic mass is 9.97. The first-order chi connectivity index (χ1) is 4.56. The number of allylic oxidation sites excluding steroid dienone is 1. The normalized spacial score (nSPS) is 47.5. The minimum Gasteiger partial charge on any atom is -0.244 e. The minimum atomic E-state index is -0.946. The second kappa shape index (κ2) is 2.37. The van der Waals surface area contributed by atoms with Crippen LogP contribution in [0.15, 0.2) is 12.7 Å². The van der Waals surface area contributed by atoms with E-state index in [4.69, 9.17) is 0 Å². The lowest BCUT2D eigenvalue weighted by molar-refractivity contribution is 0.142. The summed E-state index contributed by atoms with van der Waals surface area (Å²) < 4.78 is 13.4. The lowest BCUT2D eigenvalue weighted by Gasteiger charge is -2.17. The molecule has 1 aliphatic rings. The van der Waals surface area contributed by atoms with Gasteiger partial charge < -0.3 is 0 Å². The molecule has 0 aromatic carbocycles. The molecule has 0 spiro atoms. The SMILES string of the molecule is C=CC1CC(C)C(C)(F)C1. The number of alkyl halides is 1. The van der Waals surface area contributed by atoms with Gasteiger partial charge in [-0.2, -0.15) is 0 Å². The van der Waals surface area contributed by atoms with E-state index < -0.39 is 5.67 Å². The maximum atomic E-state index is 13.4. The quantitative estimate of drug-likeness (QED) is 0.494. The Morgan fingerprint density at radius 3 is 2.50 bits per heavy atom. The van der Waals surface area contributed by atoms with Gasteiger partial charge >= 0.3 is 0 Å². The van der Waals surface area contributed by atoms with E-state index in [1.807, 2.05) is 13.0 Å². The summed E-state index contributed by atoms with van der Waals surface area (Å²) in [6.07, 6.45) is 3.51. The van der Waals surface area contributed by atoms with Gasteiger partial charge in [0.1, 0.15) is 5.67 Å². The fourth-order valence-corrected chi connectivity index (χ4v) is 1.68. The van der Waals surface area contributed by atoms with Crippen LogP contribution in [0.5, 0.6) is 0 Å². The number of hydrogen-bond donors (Lipinski definition) is 0. The molecule has 0 N–H and O–H groups in total. The van der Waals surface area contributed by atoms with Crippen LogP contribution >= 0.6 is 0 Å². The van der Waals surface area contributed by atoms with Gasteiger partial charge in [0.2, 0.25) is 0 Å². The standard InChI is InChI=1S/C9H15F/c1-4-8-5-7(2)9(3,10)6-8/h4,7-8H,1,5-6H2,2-3H3. The maximum Gasteiger partial charge on any atom is 0.111 e. The highest BCUT2D eigenvalue weighted by Gasteiger charge is 2.40. The van der Waals surface area contributed by atoms with Gasteiger partial charge in [-0.3, -0.25) is 0 Å². The molecule has 0 aliphatic heterocycles. The largest absolute Gasteiger partial charge is 0.244 e. The summed E-state index contributed by atoms with van der Waals surface area (Å²) in [4.78, 5) is 0. The van der Waals surface area contributed by atoms with Crippen LogP contribution in [0.4, 0.5) is 4.39 Å². The van der Waals surface area contributed by atoms with Gasteiger partial charge in [0.25, 0.3) is 0 Å². The van der Waals surface area contributed by atoms with Crippen LogP contribution in [-0.2, 0) is 0 Å². The highest BCUT2D eigenvalue weighted by atomic mass is 19.1. The summed E-state index contributed by atoms with van der Waals surface area (Å²) in [5, 5.41) is 0. The summed E-state index contributed by atoms with van der Waals surface area (Å²) in [5.74, 6) is 0.612. The van der Waals surface area contributed by atoms with E-state index in [0.29, 0.717) is 12.3 Å². The molecular formula is C9H15F. The predicted molar refractivity (Wildman–Crippen MR) is 41.6 cm³/mol. The van der Waals surface area contributed by atoms with E-state index >= 15 is 0 Å². The molecule has 10 heavy (non-hydrogen) atoms. The van der Waals surface area contributed by atoms with Crippen LogP contribution in [0.25, 0.3) is 0 Å². The first-order valence-corrected chi connectivity index (χ1v) is 3.87. The van der Waals surface area contributed by atoms with E-state index in [9.17, 15) is 4.39 Å². The van der Waals surface area contributed by atoms with Gasteiger partial charge in [0.05, 0.1) is 0 Å². The van der Waals surface area contributed by atoms with Crippen molar-refractivity contribution in [3.8, 4) is 0 Å². The van der Waals surface area contributed by atoms with Gasteiger partial charge in [0, 0.05) is 0 Å². The average Bonchev–Trinajstić information content (AvgIpc) is 2.08. The Labute approximate surface area is 62.1 Å². The fraction of sp³-hybridized carbons (Fsp3) is 0.778. The number of rotatable bonds is 1. The average molecular weight is 142 g/mol. The zero-order valence-corrected chi connectivity index (χ0v) is 6.73. The third-order valence-corrected chi connectivity index (χ3v) is 2.68. The van der Waals surface area contributed by atoms with Crippen molar-refractivity contribution in [3.63, 3.8) is 0 Å². The van der Waals surface area contributed by atoms with Crippen molar-refractivity contribution in [1.82, 2.24) is 0 Å². The van der Waals surface area contributed by atoms with E-state index in [-0.39, 0.29) is 5.92 Å². The maximum absolute atomic E-state index is 13.4. The Bertz CT molecular complexity index is 138. The fourth-order valence-electron chi connectivity index (χ4n) is 1.68. The molecule has 0 aromatic heterocycles. The Hall–Kier alpha value is -0.330. The summed E-state index contributed by atoms with van der Waals surface area (Å²) in [5.41, 5.74) is -0.946. The smallest absolute Gasteiger partial charge is 0.111 e. The molecule has 0 amide bonds. The summed E-state index contributed by atoms with van der Waals surface area (Å²) >= 11 is 0. The van der Waals surface area contributed by atoms with Crippen molar-refractivity contribution in [2.45, 2.75) is 32.4 Å². The molecule has 0 nitrogen and oxygen atoms in total. The summed E-state index contributed by atoms with van der Waals surface area (Å²) in [6, 6.07) is 0. The molecule has 3 unspecified atom stereocenters. The summed E-state index contributed by atoms with van der Waals surface area (Å²) in [7, 11) is 0. The van der Waals surface area contributed by atoms with Crippen LogP contribution in [-0.4, -0.2) is 5.67 Å². The Morgan fingerprint density at radius 1 is 1.70 bits per heavy atom. The Balaban J connectivity index is 2.61. The molecule has 1 saturated carbocycles. The second-order valence-electron chi connectivity index (χ2n) is 3.61. The van der Waals surface area contributed by atoms with Crippen LogP contribution in [0.2, 0.25) is 0 Å². The van der Waals surface area contributed by atoms with E-state index in [1.165, 1.54) is 0 Å². The second-order valence-corrected chi connectivity index (χ2v) is 3.61. The number of halogens is 1. The molecule has 58 valence electrons. The predicted octanol–water partition coefficient (Wildman–Crippen LogP) is 2.95. The molecule has 1 fully saturated rings. The molecule has 3 atom stereocenters. The van der Waals surface area contributed by atoms with Crippen molar-refractivity contribution >= 4 is 0 Å². The first kappa shape index (κ1) is 7.77. The van der Waals surface area contributed by atoms with Crippen LogP contribution < -0.4 is 0 Å². The molecule has 0 aromatic rings. The Morgan fingerprint density at radius 2 is 2.30 bits per heavy atom. The van der Waals surface area contributed by atoms with Crippen molar-refractivity contribution in [2.75, 3.05) is 0 Å². The molecular weight excluding hydrogens is 127 g/mol. The van der Waals surface area contributed by atoms with E-state index in [2.05, 4.69) is 6.58 Å². The molecule has 1 aliphatic carbocycles. The summed E-state index contributed by atoms with van der Waals surface area (Å²) in [6.45, 7) is 7.35. The van der Waals surface area contributed by atoms with Gasteiger partial charge in [0.15, 0.2) is 0 Å². The molecule has 1 heteroatoms. The molecule has 0 bridgehead atoms. The molecule has 0 saturated heterocycles. The number of hydrogen-bond acceptors (Lipinski definition) is 0.